The predicted molar refractivity (Wildman–Crippen MR) is 118 cm³/mol. The topological polar surface area (TPSA) is 62.7 Å². The molecule has 6 heteroatoms. The van der Waals surface area contributed by atoms with Gasteiger partial charge in [0.05, 0.1) is 6.04 Å². The number of benzene rings is 1. The van der Waals surface area contributed by atoms with E-state index in [-0.39, 0.29) is 18.0 Å². The molecule has 1 unspecified atom stereocenters. The quantitative estimate of drug-likeness (QED) is 0.695. The molecule has 2 heterocycles. The number of carbonyl (C=O) groups is 2. The number of pyridine rings is 1. The van der Waals surface area contributed by atoms with Crippen LogP contribution < -0.4 is 4.90 Å². The summed E-state index contributed by atoms with van der Waals surface area (Å²) in [5.74, 6) is 0.556. The van der Waals surface area contributed by atoms with Crippen molar-refractivity contribution in [3.05, 3.63) is 59.8 Å². The summed E-state index contributed by atoms with van der Waals surface area (Å²) in [6.07, 6.45) is 2.98. The molecule has 2 aromatic rings. The Morgan fingerprint density at radius 3 is 2.47 bits per heavy atom. The molecule has 1 aliphatic rings. The molecule has 1 aromatic heterocycles. The summed E-state index contributed by atoms with van der Waals surface area (Å²) in [4.78, 5) is 34.2. The smallest absolute Gasteiger partial charge is 0.416 e. The molecule has 0 spiro atoms. The number of rotatable bonds is 4. The van der Waals surface area contributed by atoms with Crippen LogP contribution in [0.4, 0.5) is 10.6 Å². The molecule has 6 nitrogen and oxygen atoms in total. The monoisotopic (exact) mass is 409 g/mol. The Morgan fingerprint density at radius 2 is 1.83 bits per heavy atom. The second-order valence-corrected chi connectivity index (χ2v) is 8.88. The number of hydrogen-bond donors (Lipinski definition) is 0. The van der Waals surface area contributed by atoms with Crippen molar-refractivity contribution in [2.45, 2.75) is 65.1 Å². The first-order valence-electron chi connectivity index (χ1n) is 10.5. The lowest BCUT2D eigenvalue weighted by Gasteiger charge is -2.33. The van der Waals surface area contributed by atoms with Gasteiger partial charge in [-0.05, 0) is 65.7 Å². The first-order chi connectivity index (χ1) is 14.2. The summed E-state index contributed by atoms with van der Waals surface area (Å²) < 4.78 is 5.64. The van der Waals surface area contributed by atoms with E-state index in [2.05, 4.69) is 4.98 Å². The lowest BCUT2D eigenvalue weighted by atomic mass is 10.0. The largest absolute Gasteiger partial charge is 0.443 e. The molecule has 1 aliphatic heterocycles. The molecule has 30 heavy (non-hydrogen) atoms. The molecule has 1 saturated heterocycles. The van der Waals surface area contributed by atoms with Crippen molar-refractivity contribution >= 4 is 17.8 Å². The van der Waals surface area contributed by atoms with Crippen LogP contribution in [0.1, 0.15) is 69.4 Å². The molecular weight excluding hydrogens is 378 g/mol. The van der Waals surface area contributed by atoms with Crippen molar-refractivity contribution in [3.8, 4) is 0 Å². The number of carbonyl (C=O) groups excluding carboxylic acids is 2. The van der Waals surface area contributed by atoms with E-state index in [0.29, 0.717) is 17.9 Å². The van der Waals surface area contributed by atoms with E-state index in [1.165, 1.54) is 0 Å². The highest BCUT2D eigenvalue weighted by Crippen LogP contribution is 2.38. The highest BCUT2D eigenvalue weighted by Gasteiger charge is 2.35. The van der Waals surface area contributed by atoms with Gasteiger partial charge in [-0.1, -0.05) is 24.3 Å². The molecule has 1 atom stereocenters. The molecule has 2 amide bonds. The highest BCUT2D eigenvalue weighted by molar-refractivity contribution is 5.95. The van der Waals surface area contributed by atoms with Gasteiger partial charge in [-0.2, -0.15) is 0 Å². The fourth-order valence-corrected chi connectivity index (χ4v) is 3.80. The van der Waals surface area contributed by atoms with E-state index in [4.69, 9.17) is 4.74 Å². The number of nitrogens with zero attached hydrogens (tertiary/aromatic N) is 3. The zero-order valence-electron chi connectivity index (χ0n) is 18.5. The molecule has 0 radical (unpaired) electrons. The van der Waals surface area contributed by atoms with E-state index in [1.807, 2.05) is 82.0 Å². The van der Waals surface area contributed by atoms with E-state index >= 15 is 0 Å². The number of hydrogen-bond acceptors (Lipinski definition) is 4. The Labute approximate surface area is 178 Å². The zero-order valence-corrected chi connectivity index (χ0v) is 18.5. The minimum absolute atomic E-state index is 0.00117. The molecule has 0 N–H and O–H groups in total. The number of anilines is 1. The predicted octanol–water partition coefficient (Wildman–Crippen LogP) is 5.21. The van der Waals surface area contributed by atoms with Gasteiger partial charge in [-0.25, -0.2) is 9.78 Å². The van der Waals surface area contributed by atoms with E-state index in [9.17, 15) is 9.59 Å². The van der Waals surface area contributed by atoms with Crippen LogP contribution in [0.25, 0.3) is 0 Å². The van der Waals surface area contributed by atoms with E-state index < -0.39 is 11.7 Å². The third-order valence-electron chi connectivity index (χ3n) is 5.05. The van der Waals surface area contributed by atoms with Gasteiger partial charge in [0.25, 0.3) is 5.91 Å². The number of aromatic nitrogens is 1. The van der Waals surface area contributed by atoms with Crippen LogP contribution in [-0.4, -0.2) is 40.1 Å². The average Bonchev–Trinajstić information content (AvgIpc) is 3.16. The van der Waals surface area contributed by atoms with Gasteiger partial charge < -0.3 is 9.64 Å². The van der Waals surface area contributed by atoms with Gasteiger partial charge in [0, 0.05) is 29.9 Å². The normalized spacial score (nSPS) is 16.6. The maximum absolute atomic E-state index is 13.2. The Kier molecular flexibility index (Phi) is 6.44. The van der Waals surface area contributed by atoms with Crippen LogP contribution in [0, 0.1) is 0 Å². The van der Waals surface area contributed by atoms with Crippen molar-refractivity contribution in [2.75, 3.05) is 11.4 Å². The van der Waals surface area contributed by atoms with Crippen LogP contribution in [0.3, 0.4) is 0 Å². The van der Waals surface area contributed by atoms with Crippen molar-refractivity contribution in [1.29, 1.82) is 0 Å². The lowest BCUT2D eigenvalue weighted by Crippen LogP contribution is -2.42. The van der Waals surface area contributed by atoms with E-state index in [1.54, 1.807) is 11.1 Å². The Bertz CT molecular complexity index is 890. The van der Waals surface area contributed by atoms with Crippen molar-refractivity contribution in [1.82, 2.24) is 9.88 Å². The minimum Gasteiger partial charge on any atom is -0.443 e. The first kappa shape index (κ1) is 21.8. The molecule has 0 saturated carbocycles. The first-order valence-corrected chi connectivity index (χ1v) is 10.5. The second kappa shape index (κ2) is 8.86. The molecule has 160 valence electrons. The SMILES string of the molecule is CC(C)N(C(=O)OC(C)(C)C)c1ncccc1C1CCCN1C(=O)c1ccccc1. The summed E-state index contributed by atoms with van der Waals surface area (Å²) >= 11 is 0. The lowest BCUT2D eigenvalue weighted by molar-refractivity contribution is 0.0568. The summed E-state index contributed by atoms with van der Waals surface area (Å²) in [6.45, 7) is 10.1. The van der Waals surface area contributed by atoms with Crippen LogP contribution in [-0.2, 0) is 4.74 Å². The summed E-state index contributed by atoms with van der Waals surface area (Å²) in [7, 11) is 0. The molecule has 0 aliphatic carbocycles. The number of amides is 2. The van der Waals surface area contributed by atoms with Crippen LogP contribution in [0.5, 0.6) is 0 Å². The minimum atomic E-state index is -0.609. The van der Waals surface area contributed by atoms with Gasteiger partial charge in [0.1, 0.15) is 11.4 Å². The molecule has 0 bridgehead atoms. The van der Waals surface area contributed by atoms with E-state index in [0.717, 1.165) is 18.4 Å². The van der Waals surface area contributed by atoms with Crippen molar-refractivity contribution < 1.29 is 14.3 Å². The number of ether oxygens (including phenoxy) is 1. The van der Waals surface area contributed by atoms with Crippen LogP contribution >= 0.6 is 0 Å². The highest BCUT2D eigenvalue weighted by atomic mass is 16.6. The molecule has 3 rings (SSSR count). The van der Waals surface area contributed by atoms with Gasteiger partial charge in [-0.15, -0.1) is 0 Å². The zero-order chi connectivity index (χ0) is 21.9. The van der Waals surface area contributed by atoms with Gasteiger partial charge >= 0.3 is 6.09 Å². The summed E-state index contributed by atoms with van der Waals surface area (Å²) in [6, 6.07) is 12.9. The van der Waals surface area contributed by atoms with Gasteiger partial charge in [-0.3, -0.25) is 9.69 Å². The third kappa shape index (κ3) is 4.81. The summed E-state index contributed by atoms with van der Waals surface area (Å²) in [5, 5.41) is 0. The average molecular weight is 410 g/mol. The summed E-state index contributed by atoms with van der Waals surface area (Å²) in [5.41, 5.74) is 0.934. The van der Waals surface area contributed by atoms with Gasteiger partial charge in [0.2, 0.25) is 0 Å². The Balaban J connectivity index is 1.97. The fraction of sp³-hybridized carbons (Fsp3) is 0.458. The second-order valence-electron chi connectivity index (χ2n) is 8.88. The number of likely N-dealkylation sites (tertiary alicyclic amines) is 1. The van der Waals surface area contributed by atoms with Crippen LogP contribution in [0.2, 0.25) is 0 Å². The third-order valence-corrected chi connectivity index (χ3v) is 5.05. The molecule has 1 fully saturated rings. The Hall–Kier alpha value is -2.89. The standard InChI is InChI=1S/C24H31N3O3/c1-17(2)27(23(29)30-24(3,4)5)21-19(13-9-15-25-21)20-14-10-16-26(20)22(28)18-11-7-6-8-12-18/h6-9,11-13,15,17,20H,10,14,16H2,1-5H3. The maximum atomic E-state index is 13.2. The maximum Gasteiger partial charge on any atom is 0.416 e. The molecule has 1 aromatic carbocycles. The van der Waals surface area contributed by atoms with Crippen LogP contribution in [0.15, 0.2) is 48.7 Å². The van der Waals surface area contributed by atoms with Crippen molar-refractivity contribution in [2.24, 2.45) is 0 Å². The Morgan fingerprint density at radius 1 is 1.13 bits per heavy atom. The molecular formula is C24H31N3O3. The van der Waals surface area contributed by atoms with Crippen molar-refractivity contribution in [3.63, 3.8) is 0 Å². The van der Waals surface area contributed by atoms with Gasteiger partial charge in [0.15, 0.2) is 0 Å². The fourth-order valence-electron chi connectivity index (χ4n) is 3.80.